The van der Waals surface area contributed by atoms with E-state index in [4.69, 9.17) is 14.8 Å². The maximum atomic E-state index is 6.87. The lowest BCUT2D eigenvalue weighted by atomic mass is 9.65. The van der Waals surface area contributed by atoms with Gasteiger partial charge in [-0.1, -0.05) is 98.6 Å². The second-order valence-electron chi connectivity index (χ2n) is 17.6. The van der Waals surface area contributed by atoms with Crippen LogP contribution < -0.4 is 4.74 Å². The van der Waals surface area contributed by atoms with Gasteiger partial charge in [0.1, 0.15) is 17.3 Å². The molecule has 0 fully saturated rings. The molecule has 0 spiro atoms. The minimum atomic E-state index is -0.0896. The van der Waals surface area contributed by atoms with Crippen LogP contribution in [0.1, 0.15) is 116 Å². The molecule has 6 aromatic rings. The number of aryl methyl sites for hydroxylation is 2. The lowest BCUT2D eigenvalue weighted by molar-refractivity contribution is 0.267. The van der Waals surface area contributed by atoms with E-state index in [-0.39, 0.29) is 5.41 Å². The van der Waals surface area contributed by atoms with Crippen molar-refractivity contribution in [2.24, 2.45) is 23.7 Å². The topological polar surface area (TPSA) is 44.9 Å². The second-order valence-corrected chi connectivity index (χ2v) is 17.6. The van der Waals surface area contributed by atoms with Crippen LogP contribution >= 0.6 is 0 Å². The zero-order valence-corrected chi connectivity index (χ0v) is 34.5. The van der Waals surface area contributed by atoms with Crippen molar-refractivity contribution in [3.8, 4) is 23.0 Å². The molecule has 0 bridgehead atoms. The minimum absolute atomic E-state index is 0.0896. The Bertz CT molecular complexity index is 2330. The predicted molar refractivity (Wildman–Crippen MR) is 227 cm³/mol. The largest absolute Gasteiger partial charge is 0.457 e. The molecule has 0 radical (unpaired) electrons. The maximum absolute atomic E-state index is 6.87. The third-order valence-corrected chi connectivity index (χ3v) is 11.8. The summed E-state index contributed by atoms with van der Waals surface area (Å²) < 4.78 is 11.3. The van der Waals surface area contributed by atoms with Crippen LogP contribution in [0.4, 0.5) is 0 Å². The van der Waals surface area contributed by atoms with Crippen molar-refractivity contribution >= 4 is 21.8 Å². The normalized spacial score (nSPS) is 17.9. The summed E-state index contributed by atoms with van der Waals surface area (Å²) in [5.74, 6) is 5.16. The summed E-state index contributed by atoms with van der Waals surface area (Å²) in [6.07, 6.45) is 9.10. The van der Waals surface area contributed by atoms with Gasteiger partial charge in [-0.05, 0) is 116 Å². The number of hydrogen-bond donors (Lipinski definition) is 0. The van der Waals surface area contributed by atoms with E-state index >= 15 is 0 Å². The smallest absolute Gasteiger partial charge is 0.137 e. The number of fused-ring (bicyclic) bond motifs is 3. The molecule has 0 saturated carbocycles. The number of nitrogens with zero attached hydrogens (tertiary/aromatic N) is 4. The number of pyridine rings is 1. The van der Waals surface area contributed by atoms with E-state index in [1.54, 1.807) is 5.57 Å². The fraction of sp³-hybridized carbons (Fsp3) is 0.429. The Morgan fingerprint density at radius 2 is 1.63 bits per heavy atom. The van der Waals surface area contributed by atoms with Crippen LogP contribution in [0.15, 0.2) is 90.6 Å². The highest BCUT2D eigenvalue weighted by molar-refractivity contribution is 6.09. The lowest BCUT2D eigenvalue weighted by Crippen LogP contribution is -2.29. The number of unbranched alkanes of at least 4 members (excludes halogenated alkanes) is 1. The Hall–Kier alpha value is -4.64. The molecular formula is C49H60N4O. The van der Waals surface area contributed by atoms with Gasteiger partial charge in [-0.25, -0.2) is 9.67 Å². The third-order valence-electron chi connectivity index (χ3n) is 11.8. The summed E-state index contributed by atoms with van der Waals surface area (Å²) in [7, 11) is 0. The average molecular weight is 721 g/mol. The molecule has 0 unspecified atom stereocenters. The summed E-state index contributed by atoms with van der Waals surface area (Å²) in [6.45, 7) is 25.4. The number of hydrogen-bond acceptors (Lipinski definition) is 3. The minimum Gasteiger partial charge on any atom is -0.457 e. The van der Waals surface area contributed by atoms with Crippen molar-refractivity contribution in [2.75, 3.05) is 0 Å². The highest BCUT2D eigenvalue weighted by Gasteiger charge is 2.38. The van der Waals surface area contributed by atoms with E-state index in [0.717, 1.165) is 52.6 Å². The molecule has 1 aliphatic rings. The Morgan fingerprint density at radius 1 is 0.870 bits per heavy atom. The summed E-state index contributed by atoms with van der Waals surface area (Å²) >= 11 is 0. The molecule has 3 aromatic carbocycles. The van der Waals surface area contributed by atoms with Crippen LogP contribution in [0.3, 0.4) is 0 Å². The highest BCUT2D eigenvalue weighted by atomic mass is 16.5. The van der Waals surface area contributed by atoms with Crippen molar-refractivity contribution in [3.63, 3.8) is 0 Å². The number of benzene rings is 3. The predicted octanol–water partition coefficient (Wildman–Crippen LogP) is 13.4. The van der Waals surface area contributed by atoms with E-state index in [0.29, 0.717) is 29.6 Å². The molecular weight excluding hydrogens is 661 g/mol. The summed E-state index contributed by atoms with van der Waals surface area (Å²) in [5, 5.41) is 7.69. The average Bonchev–Trinajstić information content (AvgIpc) is 3.62. The van der Waals surface area contributed by atoms with Crippen molar-refractivity contribution in [1.29, 1.82) is 0 Å². The molecule has 3 heterocycles. The molecule has 7 rings (SSSR count). The molecule has 0 N–H and O–H groups in total. The van der Waals surface area contributed by atoms with E-state index in [1.807, 2.05) is 6.20 Å². The van der Waals surface area contributed by atoms with Crippen molar-refractivity contribution in [1.82, 2.24) is 19.3 Å². The van der Waals surface area contributed by atoms with E-state index in [9.17, 15) is 0 Å². The Labute approximate surface area is 323 Å². The van der Waals surface area contributed by atoms with Crippen LogP contribution in [-0.2, 0) is 11.8 Å². The summed E-state index contributed by atoms with van der Waals surface area (Å²) in [4.78, 5) is 4.88. The molecule has 5 nitrogen and oxygen atoms in total. The van der Waals surface area contributed by atoms with Gasteiger partial charge in [-0.15, -0.1) is 0 Å². The number of aromatic nitrogens is 4. The number of ether oxygens (including phenoxy) is 1. The molecule has 0 saturated heterocycles. The Balaban J connectivity index is 1.33. The Kier molecular flexibility index (Phi) is 10.4. The van der Waals surface area contributed by atoms with Gasteiger partial charge >= 0.3 is 0 Å². The first kappa shape index (κ1) is 37.7. The van der Waals surface area contributed by atoms with Gasteiger partial charge in [-0.3, -0.25) is 4.57 Å². The van der Waals surface area contributed by atoms with Crippen LogP contribution in [-0.4, -0.2) is 19.3 Å². The fourth-order valence-corrected chi connectivity index (χ4v) is 8.97. The number of allylic oxidation sites excluding steroid dienone is 2. The quantitative estimate of drug-likeness (QED) is 0.132. The van der Waals surface area contributed by atoms with Crippen LogP contribution in [0.5, 0.6) is 11.5 Å². The number of para-hydroxylation sites is 1. The van der Waals surface area contributed by atoms with Crippen molar-refractivity contribution in [3.05, 3.63) is 119 Å². The summed E-state index contributed by atoms with van der Waals surface area (Å²) in [6, 6.07) is 26.1. The SMILES string of the molecule is CCCCc1ccnc(-n2c3ccccc3c3ccc(Oc4cc(-n5nc(C)c([C@H]6C(C(C)C)=C[C@H](C)C[C@@H]6C(C)C)c5C)cc(C(C)(C)C)c4)cc32)c1. The first-order valence-corrected chi connectivity index (χ1v) is 20.3. The van der Waals surface area contributed by atoms with Crippen LogP contribution in [0.25, 0.3) is 33.3 Å². The standard InChI is InChI=1S/C49H60N4O/c1-12-13-16-35-21-22-50-46(25-35)52-44-18-15-14-17-40(44)41-20-19-38(29-45(41)52)54-39-27-36(49(9,10)11)26-37(28-39)53-34(8)47(33(7)51-53)48-42(30(2)3)23-32(6)24-43(48)31(4)5/h14-15,17-23,25-32,43,48H,12-13,16,24H2,1-11H3/t32-,43+,48-/m0/s1. The molecule has 282 valence electrons. The first-order valence-electron chi connectivity index (χ1n) is 20.3. The van der Waals surface area contributed by atoms with Crippen molar-refractivity contribution < 1.29 is 4.74 Å². The van der Waals surface area contributed by atoms with Gasteiger partial charge in [0.05, 0.1) is 22.4 Å². The molecule has 3 aromatic heterocycles. The maximum Gasteiger partial charge on any atom is 0.137 e. The molecule has 0 aliphatic heterocycles. The van der Waals surface area contributed by atoms with E-state index in [2.05, 4.69) is 164 Å². The van der Waals surface area contributed by atoms with Gasteiger partial charge in [0, 0.05) is 46.3 Å². The molecule has 0 amide bonds. The van der Waals surface area contributed by atoms with Gasteiger partial charge in [0.2, 0.25) is 0 Å². The second kappa shape index (κ2) is 14.9. The molecule has 3 atom stereocenters. The molecule has 5 heteroatoms. The van der Waals surface area contributed by atoms with Crippen molar-refractivity contribution in [2.45, 2.75) is 113 Å². The molecule has 1 aliphatic carbocycles. The van der Waals surface area contributed by atoms with Gasteiger partial charge in [-0.2, -0.15) is 5.10 Å². The van der Waals surface area contributed by atoms with Gasteiger partial charge in [0.15, 0.2) is 0 Å². The molecule has 54 heavy (non-hydrogen) atoms. The fourth-order valence-electron chi connectivity index (χ4n) is 8.97. The monoisotopic (exact) mass is 720 g/mol. The van der Waals surface area contributed by atoms with Crippen LogP contribution in [0.2, 0.25) is 0 Å². The number of rotatable bonds is 10. The third kappa shape index (κ3) is 7.14. The van der Waals surface area contributed by atoms with Gasteiger partial charge in [0.25, 0.3) is 0 Å². The zero-order valence-electron chi connectivity index (χ0n) is 34.5. The van der Waals surface area contributed by atoms with Crippen LogP contribution in [0, 0.1) is 37.5 Å². The first-order chi connectivity index (χ1) is 25.7. The lowest BCUT2D eigenvalue weighted by Gasteiger charge is -2.40. The van der Waals surface area contributed by atoms with E-state index < -0.39 is 0 Å². The van der Waals surface area contributed by atoms with Gasteiger partial charge < -0.3 is 4.74 Å². The Morgan fingerprint density at radius 3 is 2.35 bits per heavy atom. The highest BCUT2D eigenvalue weighted by Crippen LogP contribution is 2.49. The van der Waals surface area contributed by atoms with E-state index in [1.165, 1.54) is 46.0 Å². The summed E-state index contributed by atoms with van der Waals surface area (Å²) in [5.41, 5.74) is 11.0. The zero-order chi connectivity index (χ0) is 38.5.